The highest BCUT2D eigenvalue weighted by molar-refractivity contribution is 5.74. The Morgan fingerprint density at radius 2 is 0.960 bits per heavy atom. The second-order valence-electron chi connectivity index (χ2n) is 5.85. The van der Waals surface area contributed by atoms with Crippen LogP contribution in [0.15, 0.2) is 101 Å². The molecule has 4 rings (SSSR count). The average molecular weight is 325 g/mol. The van der Waals surface area contributed by atoms with Gasteiger partial charge in [0.15, 0.2) is 0 Å². The predicted molar refractivity (Wildman–Crippen MR) is 101 cm³/mol. The van der Waals surface area contributed by atoms with Gasteiger partial charge in [-0.3, -0.25) is 0 Å². The molecular formula is C23H17O2+. The van der Waals surface area contributed by atoms with E-state index < -0.39 is 0 Å². The summed E-state index contributed by atoms with van der Waals surface area (Å²) < 4.78 is 6.17. The number of phenols is 1. The van der Waals surface area contributed by atoms with Crippen molar-refractivity contribution in [1.82, 2.24) is 0 Å². The molecule has 2 nitrogen and oxygen atoms in total. The lowest BCUT2D eigenvalue weighted by Crippen LogP contribution is -1.86. The molecule has 1 N–H and O–H groups in total. The number of benzene rings is 3. The van der Waals surface area contributed by atoms with Crippen LogP contribution >= 0.6 is 0 Å². The third-order valence-corrected chi connectivity index (χ3v) is 4.11. The summed E-state index contributed by atoms with van der Waals surface area (Å²) in [6.45, 7) is 0. The van der Waals surface area contributed by atoms with Gasteiger partial charge in [0.05, 0.1) is 23.3 Å². The van der Waals surface area contributed by atoms with Gasteiger partial charge in [-0.2, -0.15) is 0 Å². The molecule has 0 aliphatic heterocycles. The summed E-state index contributed by atoms with van der Waals surface area (Å²) in [6, 6.07) is 31.5. The molecular weight excluding hydrogens is 308 g/mol. The molecule has 1 aromatic heterocycles. The van der Waals surface area contributed by atoms with Crippen molar-refractivity contribution in [3.05, 3.63) is 97.1 Å². The summed E-state index contributed by atoms with van der Waals surface area (Å²) in [5, 5.41) is 9.54. The quantitative estimate of drug-likeness (QED) is 0.450. The van der Waals surface area contributed by atoms with Crippen LogP contribution in [0.2, 0.25) is 0 Å². The minimum Gasteiger partial charge on any atom is -0.508 e. The van der Waals surface area contributed by atoms with Crippen LogP contribution in [-0.2, 0) is 0 Å². The first-order valence-electron chi connectivity index (χ1n) is 8.18. The number of rotatable bonds is 3. The fourth-order valence-electron chi connectivity index (χ4n) is 2.81. The zero-order valence-corrected chi connectivity index (χ0v) is 13.6. The van der Waals surface area contributed by atoms with Gasteiger partial charge in [-0.15, -0.1) is 0 Å². The van der Waals surface area contributed by atoms with Crippen LogP contribution in [0.3, 0.4) is 0 Å². The van der Waals surface area contributed by atoms with Gasteiger partial charge in [0.25, 0.3) is 0 Å². The molecule has 120 valence electrons. The van der Waals surface area contributed by atoms with Crippen molar-refractivity contribution >= 4 is 0 Å². The summed E-state index contributed by atoms with van der Waals surface area (Å²) in [5.74, 6) is 1.82. The molecule has 2 heteroatoms. The second-order valence-corrected chi connectivity index (χ2v) is 5.85. The van der Waals surface area contributed by atoms with Gasteiger partial charge >= 0.3 is 11.5 Å². The van der Waals surface area contributed by atoms with Crippen molar-refractivity contribution in [3.63, 3.8) is 0 Å². The molecule has 0 saturated heterocycles. The van der Waals surface area contributed by atoms with Gasteiger partial charge in [0, 0.05) is 5.56 Å². The fraction of sp³-hybridized carbons (Fsp3) is 0. The predicted octanol–water partition coefficient (Wildman–Crippen LogP) is 6.27. The van der Waals surface area contributed by atoms with E-state index >= 15 is 0 Å². The highest BCUT2D eigenvalue weighted by atomic mass is 16.3. The third kappa shape index (κ3) is 3.29. The first-order valence-corrected chi connectivity index (χ1v) is 8.18. The van der Waals surface area contributed by atoms with E-state index in [1.165, 1.54) is 0 Å². The van der Waals surface area contributed by atoms with Crippen molar-refractivity contribution in [1.29, 1.82) is 0 Å². The Kier molecular flexibility index (Phi) is 4.01. The number of hydrogen-bond acceptors (Lipinski definition) is 1. The van der Waals surface area contributed by atoms with E-state index in [0.29, 0.717) is 0 Å². The summed E-state index contributed by atoms with van der Waals surface area (Å²) >= 11 is 0. The Morgan fingerprint density at radius 1 is 0.480 bits per heavy atom. The van der Waals surface area contributed by atoms with E-state index in [1.807, 2.05) is 66.7 Å². The monoisotopic (exact) mass is 325 g/mol. The first-order chi connectivity index (χ1) is 12.3. The molecule has 4 aromatic rings. The van der Waals surface area contributed by atoms with E-state index in [9.17, 15) is 5.11 Å². The normalized spacial score (nSPS) is 10.6. The lowest BCUT2D eigenvalue weighted by atomic mass is 10.0. The smallest absolute Gasteiger partial charge is 0.361 e. The van der Waals surface area contributed by atoms with Crippen LogP contribution in [0, 0.1) is 0 Å². The zero-order valence-electron chi connectivity index (χ0n) is 13.6. The minimum absolute atomic E-state index is 0.242. The number of phenolic OH excluding ortho intramolecular Hbond substituents is 1. The molecule has 1 heterocycles. The molecule has 0 bridgehead atoms. The molecule has 0 spiro atoms. The highest BCUT2D eigenvalue weighted by Crippen LogP contribution is 2.33. The van der Waals surface area contributed by atoms with E-state index in [1.54, 1.807) is 12.1 Å². The van der Waals surface area contributed by atoms with Gasteiger partial charge in [0.2, 0.25) is 0 Å². The molecule has 0 radical (unpaired) electrons. The standard InChI is InChI=1S/C23H16O2/c24-21-13-11-19(12-14-21)23-16-20(17-7-3-1-4-8-17)15-22(25-23)18-9-5-2-6-10-18/h1-16H/p+1. The Morgan fingerprint density at radius 3 is 1.52 bits per heavy atom. The lowest BCUT2D eigenvalue weighted by Gasteiger charge is -2.02. The largest absolute Gasteiger partial charge is 0.508 e. The van der Waals surface area contributed by atoms with Crippen LogP contribution in [0.1, 0.15) is 0 Å². The van der Waals surface area contributed by atoms with Crippen LogP contribution in [0.5, 0.6) is 5.75 Å². The van der Waals surface area contributed by atoms with Gasteiger partial charge in [0.1, 0.15) is 5.75 Å². The van der Waals surface area contributed by atoms with Crippen molar-refractivity contribution in [2.75, 3.05) is 0 Å². The topological polar surface area (TPSA) is 31.5 Å². The Balaban J connectivity index is 1.90. The molecule has 0 atom stereocenters. The second kappa shape index (κ2) is 6.62. The summed E-state index contributed by atoms with van der Waals surface area (Å²) in [7, 11) is 0. The maximum atomic E-state index is 9.54. The fourth-order valence-corrected chi connectivity index (χ4v) is 2.81. The lowest BCUT2D eigenvalue weighted by molar-refractivity contribution is 0.475. The zero-order chi connectivity index (χ0) is 17.1. The van der Waals surface area contributed by atoms with Crippen molar-refractivity contribution in [3.8, 4) is 39.5 Å². The molecule has 0 saturated carbocycles. The molecule has 0 amide bonds. The van der Waals surface area contributed by atoms with E-state index in [0.717, 1.165) is 33.8 Å². The average Bonchev–Trinajstić information content (AvgIpc) is 2.69. The van der Waals surface area contributed by atoms with Crippen molar-refractivity contribution in [2.24, 2.45) is 0 Å². The SMILES string of the molecule is Oc1ccc(-c2cc(-c3ccccc3)cc(-c3ccccc3)[o+]2)cc1. The summed E-state index contributed by atoms with van der Waals surface area (Å²) in [4.78, 5) is 0. The maximum Gasteiger partial charge on any atom is 0.361 e. The minimum atomic E-state index is 0.242. The van der Waals surface area contributed by atoms with E-state index in [2.05, 4.69) is 18.2 Å². The van der Waals surface area contributed by atoms with Crippen LogP contribution in [0.4, 0.5) is 0 Å². The Hall–Kier alpha value is -3.39. The maximum absolute atomic E-state index is 9.54. The third-order valence-electron chi connectivity index (χ3n) is 4.11. The van der Waals surface area contributed by atoms with Crippen LogP contribution in [0.25, 0.3) is 33.8 Å². The first kappa shape index (κ1) is 15.2. The highest BCUT2D eigenvalue weighted by Gasteiger charge is 2.20. The van der Waals surface area contributed by atoms with E-state index in [-0.39, 0.29) is 5.75 Å². The molecule has 0 aliphatic carbocycles. The van der Waals surface area contributed by atoms with Gasteiger partial charge in [-0.25, -0.2) is 4.42 Å². The molecule has 3 aromatic carbocycles. The van der Waals surface area contributed by atoms with Gasteiger partial charge in [-0.1, -0.05) is 48.5 Å². The van der Waals surface area contributed by atoms with Gasteiger partial charge in [-0.05, 0) is 42.0 Å². The molecule has 0 fully saturated rings. The van der Waals surface area contributed by atoms with Crippen molar-refractivity contribution < 1.29 is 9.52 Å². The number of hydrogen-bond donors (Lipinski definition) is 1. The molecule has 25 heavy (non-hydrogen) atoms. The summed E-state index contributed by atoms with van der Waals surface area (Å²) in [5.41, 5.74) is 4.18. The van der Waals surface area contributed by atoms with Gasteiger partial charge < -0.3 is 5.11 Å². The van der Waals surface area contributed by atoms with Crippen LogP contribution in [-0.4, -0.2) is 5.11 Å². The van der Waals surface area contributed by atoms with E-state index in [4.69, 9.17) is 4.42 Å². The summed E-state index contributed by atoms with van der Waals surface area (Å²) in [6.07, 6.45) is 0. The van der Waals surface area contributed by atoms with Crippen LogP contribution < -0.4 is 0 Å². The molecule has 0 aliphatic rings. The Labute approximate surface area is 146 Å². The Bertz CT molecular complexity index is 918. The van der Waals surface area contributed by atoms with Crippen molar-refractivity contribution in [2.45, 2.75) is 0 Å². The number of aromatic hydroxyl groups is 1. The molecule has 0 unspecified atom stereocenters.